The largest absolute Gasteiger partial charge is 0.508 e. The molecule has 0 amide bonds. The summed E-state index contributed by atoms with van der Waals surface area (Å²) in [7, 11) is 1.38. The van der Waals surface area contributed by atoms with Crippen LogP contribution in [0, 0.1) is 20.2 Å². The lowest BCUT2D eigenvalue weighted by molar-refractivity contribution is -0.385. The third kappa shape index (κ3) is 7.48. The molecule has 2 rings (SSSR count). The predicted molar refractivity (Wildman–Crippen MR) is 106 cm³/mol. The summed E-state index contributed by atoms with van der Waals surface area (Å²) in [5.41, 5.74) is 0.553. The van der Waals surface area contributed by atoms with Crippen molar-refractivity contribution >= 4 is 22.7 Å². The molecule has 0 unspecified atom stereocenters. The molecule has 0 fully saturated rings. The van der Waals surface area contributed by atoms with Gasteiger partial charge in [-0.15, -0.1) is 0 Å². The first-order valence-corrected chi connectivity index (χ1v) is 8.33. The Bertz CT molecular complexity index is 831. The van der Waals surface area contributed by atoms with Crippen LogP contribution < -0.4 is 15.4 Å². The first-order valence-electron chi connectivity index (χ1n) is 8.33. The van der Waals surface area contributed by atoms with Crippen molar-refractivity contribution in [3.05, 3.63) is 56.6 Å². The Balaban J connectivity index is 0.000000291. The van der Waals surface area contributed by atoms with Crippen LogP contribution in [0.1, 0.15) is 0 Å². The van der Waals surface area contributed by atoms with E-state index in [-0.39, 0.29) is 48.3 Å². The molecule has 0 bridgehead atoms. The Kier molecular flexibility index (Phi) is 9.64. The molecule has 2 aromatic carbocycles. The fraction of sp³-hybridized carbons (Fsp3) is 0.294. The zero-order valence-corrected chi connectivity index (χ0v) is 15.6. The number of nitro benzene ring substituents is 2. The lowest BCUT2D eigenvalue weighted by Crippen LogP contribution is -2.07. The van der Waals surface area contributed by atoms with Crippen molar-refractivity contribution in [3.8, 4) is 11.5 Å². The molecule has 0 saturated heterocycles. The van der Waals surface area contributed by atoms with E-state index in [1.54, 1.807) is 6.07 Å². The normalized spacial score (nSPS) is 9.76. The fourth-order valence-corrected chi connectivity index (χ4v) is 2.15. The van der Waals surface area contributed by atoms with Gasteiger partial charge in [0.05, 0.1) is 36.2 Å². The van der Waals surface area contributed by atoms with Gasteiger partial charge in [0.1, 0.15) is 11.4 Å². The molecule has 2 aromatic rings. The van der Waals surface area contributed by atoms with Crippen molar-refractivity contribution in [2.24, 2.45) is 0 Å². The number of phenols is 1. The molecule has 0 aliphatic rings. The average Bonchev–Trinajstić information content (AvgIpc) is 2.71. The van der Waals surface area contributed by atoms with Gasteiger partial charge in [-0.2, -0.15) is 0 Å². The Morgan fingerprint density at radius 1 is 0.931 bits per heavy atom. The number of hydrogen-bond donors (Lipinski definition) is 5. The molecule has 0 radical (unpaired) electrons. The number of phenolic OH excluding ortho intramolecular Hbond substituents is 1. The minimum Gasteiger partial charge on any atom is -0.508 e. The molecule has 12 heteroatoms. The topological polar surface area (TPSA) is 180 Å². The average molecular weight is 410 g/mol. The Hall–Kier alpha value is -3.64. The van der Waals surface area contributed by atoms with Crippen LogP contribution in [0.15, 0.2) is 36.4 Å². The van der Waals surface area contributed by atoms with E-state index >= 15 is 0 Å². The van der Waals surface area contributed by atoms with Crippen LogP contribution in [-0.2, 0) is 0 Å². The number of aliphatic hydroxyl groups excluding tert-OH is 2. The number of aliphatic hydroxyl groups is 2. The van der Waals surface area contributed by atoms with Gasteiger partial charge < -0.3 is 30.7 Å². The van der Waals surface area contributed by atoms with Crippen LogP contribution in [0.25, 0.3) is 0 Å². The van der Waals surface area contributed by atoms with Gasteiger partial charge in [0.15, 0.2) is 5.75 Å². The van der Waals surface area contributed by atoms with Gasteiger partial charge in [0, 0.05) is 24.8 Å². The summed E-state index contributed by atoms with van der Waals surface area (Å²) in [4.78, 5) is 20.1. The number of nitrogens with one attached hydrogen (secondary N) is 2. The van der Waals surface area contributed by atoms with E-state index in [0.29, 0.717) is 12.2 Å². The molecule has 0 atom stereocenters. The van der Waals surface area contributed by atoms with Crippen molar-refractivity contribution in [1.82, 2.24) is 0 Å². The molecule has 0 spiro atoms. The zero-order valence-electron chi connectivity index (χ0n) is 15.6. The van der Waals surface area contributed by atoms with Gasteiger partial charge in [-0.25, -0.2) is 0 Å². The van der Waals surface area contributed by atoms with Gasteiger partial charge in [0.2, 0.25) is 0 Å². The second-order valence-corrected chi connectivity index (χ2v) is 5.40. The number of benzene rings is 2. The van der Waals surface area contributed by atoms with Crippen molar-refractivity contribution in [2.75, 3.05) is 44.0 Å². The first-order chi connectivity index (χ1) is 13.8. The fourth-order valence-electron chi connectivity index (χ4n) is 2.15. The number of rotatable bonds is 9. The maximum absolute atomic E-state index is 10.7. The van der Waals surface area contributed by atoms with Gasteiger partial charge in [-0.1, -0.05) is 0 Å². The highest BCUT2D eigenvalue weighted by Crippen LogP contribution is 2.29. The molecular weight excluding hydrogens is 388 g/mol. The summed E-state index contributed by atoms with van der Waals surface area (Å²) in [6.45, 7) is 0.437. The minimum atomic E-state index is -0.598. The first kappa shape index (κ1) is 23.4. The second kappa shape index (κ2) is 11.9. The van der Waals surface area contributed by atoms with E-state index in [1.165, 1.54) is 31.4 Å². The highest BCUT2D eigenvalue weighted by Gasteiger charge is 2.15. The Labute approximate surface area is 165 Å². The number of nitro groups is 2. The molecule has 29 heavy (non-hydrogen) atoms. The highest BCUT2D eigenvalue weighted by molar-refractivity contribution is 5.63. The molecule has 0 saturated carbocycles. The summed E-state index contributed by atoms with van der Waals surface area (Å²) in [6, 6.07) is 8.32. The van der Waals surface area contributed by atoms with E-state index in [9.17, 15) is 20.2 Å². The van der Waals surface area contributed by atoms with Gasteiger partial charge in [0.25, 0.3) is 5.69 Å². The molecule has 5 N–H and O–H groups in total. The van der Waals surface area contributed by atoms with Crippen LogP contribution in [0.3, 0.4) is 0 Å². The van der Waals surface area contributed by atoms with Crippen molar-refractivity contribution in [1.29, 1.82) is 0 Å². The molecular formula is C17H22N4O8. The van der Waals surface area contributed by atoms with E-state index in [1.807, 2.05) is 0 Å². The second-order valence-electron chi connectivity index (χ2n) is 5.40. The number of nitrogens with zero attached hydrogens (tertiary/aromatic N) is 2. The number of anilines is 2. The molecule has 12 nitrogen and oxygen atoms in total. The van der Waals surface area contributed by atoms with Gasteiger partial charge in [-0.3, -0.25) is 20.2 Å². The SMILES string of the molecule is COc1ccc(NCCO)cc1[N+](=O)[O-].O=[N+]([O-])c1cc(O)ccc1NCCO. The molecule has 158 valence electrons. The highest BCUT2D eigenvalue weighted by atomic mass is 16.6. The van der Waals surface area contributed by atoms with Crippen LogP contribution in [0.5, 0.6) is 11.5 Å². The third-order valence-electron chi connectivity index (χ3n) is 3.42. The number of ether oxygens (including phenoxy) is 1. The van der Waals surface area contributed by atoms with Crippen LogP contribution in [0.2, 0.25) is 0 Å². The Morgan fingerprint density at radius 2 is 1.55 bits per heavy atom. The number of methoxy groups -OCH3 is 1. The third-order valence-corrected chi connectivity index (χ3v) is 3.42. The Morgan fingerprint density at radius 3 is 2.10 bits per heavy atom. The van der Waals surface area contributed by atoms with Crippen molar-refractivity contribution in [3.63, 3.8) is 0 Å². The van der Waals surface area contributed by atoms with Crippen molar-refractivity contribution < 1.29 is 29.9 Å². The molecule has 0 aliphatic carbocycles. The lowest BCUT2D eigenvalue weighted by atomic mass is 10.2. The van der Waals surface area contributed by atoms with Gasteiger partial charge in [-0.05, 0) is 24.3 Å². The van der Waals surface area contributed by atoms with Crippen LogP contribution >= 0.6 is 0 Å². The molecule has 0 heterocycles. The van der Waals surface area contributed by atoms with Crippen LogP contribution in [0.4, 0.5) is 22.7 Å². The van der Waals surface area contributed by atoms with E-state index in [4.69, 9.17) is 20.1 Å². The van der Waals surface area contributed by atoms with E-state index < -0.39 is 9.85 Å². The standard InChI is InChI=1S/C9H12N2O4.C8H10N2O4/c1-15-9-3-2-7(10-4-5-12)6-8(9)11(13)14;11-4-3-9-7-2-1-6(12)5-8(7)10(13)14/h2-3,6,10,12H,4-5H2,1H3;1-2,5,9,11-12H,3-4H2. The smallest absolute Gasteiger partial charge is 0.312 e. The maximum atomic E-state index is 10.7. The van der Waals surface area contributed by atoms with Crippen LogP contribution in [-0.4, -0.2) is 58.6 Å². The van der Waals surface area contributed by atoms with Gasteiger partial charge >= 0.3 is 5.69 Å². The molecule has 0 aromatic heterocycles. The summed E-state index contributed by atoms with van der Waals surface area (Å²) in [5.74, 6) is 0.0563. The number of aromatic hydroxyl groups is 1. The summed E-state index contributed by atoms with van der Waals surface area (Å²) < 4.78 is 4.85. The maximum Gasteiger partial charge on any atom is 0.312 e. The monoisotopic (exact) mass is 410 g/mol. The number of hydrogen-bond acceptors (Lipinski definition) is 10. The zero-order chi connectivity index (χ0) is 21.8. The lowest BCUT2D eigenvalue weighted by Gasteiger charge is -2.06. The summed E-state index contributed by atoms with van der Waals surface area (Å²) in [6.07, 6.45) is 0. The summed E-state index contributed by atoms with van der Waals surface area (Å²) in [5, 5.41) is 52.8. The minimum absolute atomic E-state index is 0.0279. The van der Waals surface area contributed by atoms with E-state index in [0.717, 1.165) is 6.07 Å². The van der Waals surface area contributed by atoms with Crippen molar-refractivity contribution in [2.45, 2.75) is 0 Å². The summed E-state index contributed by atoms with van der Waals surface area (Å²) >= 11 is 0. The van der Waals surface area contributed by atoms with E-state index in [2.05, 4.69) is 10.6 Å². The molecule has 0 aliphatic heterocycles. The quantitative estimate of drug-likeness (QED) is 0.232. The predicted octanol–water partition coefficient (Wildman–Crippen LogP) is 1.71.